The molecule has 0 aliphatic carbocycles. The lowest BCUT2D eigenvalue weighted by molar-refractivity contribution is 0.00578. The second kappa shape index (κ2) is 5.14. The number of hydrogen-bond donors (Lipinski definition) is 0. The highest BCUT2D eigenvalue weighted by Gasteiger charge is 2.52. The molecule has 0 radical (unpaired) electrons. The van der Waals surface area contributed by atoms with Crippen molar-refractivity contribution < 1.29 is 18.8 Å². The number of carbonyl (C=O) groups excluding carboxylic acids is 1. The second-order valence-electron chi connectivity index (χ2n) is 6.60. The van der Waals surface area contributed by atoms with Crippen molar-refractivity contribution in [1.29, 1.82) is 0 Å². The fraction of sp³-hybridized carbons (Fsp3) is 0.562. The van der Waals surface area contributed by atoms with Crippen LogP contribution in [0.15, 0.2) is 12.1 Å². The predicted molar refractivity (Wildman–Crippen MR) is 83.0 cm³/mol. The van der Waals surface area contributed by atoms with E-state index in [0.29, 0.717) is 5.56 Å². The summed E-state index contributed by atoms with van der Waals surface area (Å²) in [4.78, 5) is 11.7. The molecule has 0 spiro atoms. The maximum Gasteiger partial charge on any atom is 0.495 e. The van der Waals surface area contributed by atoms with Crippen LogP contribution < -0.4 is 5.46 Å². The highest BCUT2D eigenvalue weighted by molar-refractivity contribution is 6.63. The number of aryl methyl sites for hydroxylation is 2. The highest BCUT2D eigenvalue weighted by atomic mass is 16.7. The van der Waals surface area contributed by atoms with E-state index in [9.17, 15) is 4.79 Å². The fourth-order valence-electron chi connectivity index (χ4n) is 2.54. The maximum absolute atomic E-state index is 11.7. The van der Waals surface area contributed by atoms with Gasteiger partial charge in [-0.15, -0.1) is 0 Å². The first kappa shape index (κ1) is 16.1. The van der Waals surface area contributed by atoms with Gasteiger partial charge in [-0.25, -0.2) is 4.79 Å². The average molecular weight is 290 g/mol. The van der Waals surface area contributed by atoms with Crippen molar-refractivity contribution in [3.63, 3.8) is 0 Å². The topological polar surface area (TPSA) is 44.8 Å². The molecular formula is C16H23BO4. The minimum Gasteiger partial charge on any atom is -0.465 e. The van der Waals surface area contributed by atoms with Gasteiger partial charge in [0.15, 0.2) is 0 Å². The van der Waals surface area contributed by atoms with Crippen LogP contribution in [0.5, 0.6) is 0 Å². The number of esters is 1. The van der Waals surface area contributed by atoms with Crippen molar-refractivity contribution in [1.82, 2.24) is 0 Å². The average Bonchev–Trinajstić information content (AvgIpc) is 2.56. The Bertz CT molecular complexity index is 539. The normalized spacial score (nSPS) is 19.7. The van der Waals surface area contributed by atoms with Crippen molar-refractivity contribution in [2.45, 2.75) is 52.7 Å². The molecule has 1 saturated heterocycles. The summed E-state index contributed by atoms with van der Waals surface area (Å²) in [5.41, 5.74) is 2.71. The van der Waals surface area contributed by atoms with Crippen molar-refractivity contribution >= 4 is 18.6 Å². The molecule has 1 aromatic carbocycles. The van der Waals surface area contributed by atoms with Gasteiger partial charge in [0.2, 0.25) is 0 Å². The summed E-state index contributed by atoms with van der Waals surface area (Å²) in [5, 5.41) is 0. The monoisotopic (exact) mass is 290 g/mol. The van der Waals surface area contributed by atoms with Gasteiger partial charge in [-0.05, 0) is 59.1 Å². The van der Waals surface area contributed by atoms with Crippen LogP contribution in [-0.2, 0) is 14.0 Å². The Morgan fingerprint density at radius 1 is 1.05 bits per heavy atom. The van der Waals surface area contributed by atoms with Crippen LogP contribution in [0.3, 0.4) is 0 Å². The SMILES string of the molecule is COC(=O)c1cc(C)c(B2OC(C)(C)C(C)(C)O2)c(C)c1. The zero-order chi connectivity index (χ0) is 16.0. The van der Waals surface area contributed by atoms with Crippen LogP contribution in [0.2, 0.25) is 0 Å². The summed E-state index contributed by atoms with van der Waals surface area (Å²) in [6.45, 7) is 12.0. The van der Waals surface area contributed by atoms with Gasteiger partial charge < -0.3 is 14.0 Å². The number of carbonyl (C=O) groups is 1. The largest absolute Gasteiger partial charge is 0.495 e. The molecule has 1 heterocycles. The van der Waals surface area contributed by atoms with Crippen LogP contribution in [-0.4, -0.2) is 31.4 Å². The van der Waals surface area contributed by atoms with E-state index in [1.54, 1.807) is 0 Å². The van der Waals surface area contributed by atoms with E-state index in [1.807, 2.05) is 53.7 Å². The first-order valence-corrected chi connectivity index (χ1v) is 7.14. The Labute approximate surface area is 126 Å². The molecule has 1 aliphatic heterocycles. The Morgan fingerprint density at radius 2 is 1.48 bits per heavy atom. The van der Waals surface area contributed by atoms with Crippen molar-refractivity contribution in [3.8, 4) is 0 Å². The molecule has 0 bridgehead atoms. The molecular weight excluding hydrogens is 267 g/mol. The van der Waals surface area contributed by atoms with E-state index in [4.69, 9.17) is 14.0 Å². The van der Waals surface area contributed by atoms with Gasteiger partial charge in [0.05, 0.1) is 23.9 Å². The van der Waals surface area contributed by atoms with Gasteiger partial charge in [0.1, 0.15) is 0 Å². The van der Waals surface area contributed by atoms with E-state index in [2.05, 4.69) is 0 Å². The van der Waals surface area contributed by atoms with Gasteiger partial charge in [-0.1, -0.05) is 11.1 Å². The molecule has 4 nitrogen and oxygen atoms in total. The highest BCUT2D eigenvalue weighted by Crippen LogP contribution is 2.37. The lowest BCUT2D eigenvalue weighted by Crippen LogP contribution is -2.41. The maximum atomic E-state index is 11.7. The minimum atomic E-state index is -0.415. The molecule has 2 rings (SSSR count). The Balaban J connectivity index is 2.41. The summed E-state index contributed by atoms with van der Waals surface area (Å²) in [5.74, 6) is -0.332. The third-order valence-electron chi connectivity index (χ3n) is 4.50. The van der Waals surface area contributed by atoms with Crippen LogP contribution >= 0.6 is 0 Å². The van der Waals surface area contributed by atoms with Gasteiger partial charge in [-0.2, -0.15) is 0 Å². The second-order valence-corrected chi connectivity index (χ2v) is 6.60. The standard InChI is InChI=1S/C16H23BO4/c1-10-8-12(14(18)19-7)9-11(2)13(10)17-20-15(3,4)16(5,6)21-17/h8-9H,1-7H3. The van der Waals surface area contributed by atoms with E-state index in [0.717, 1.165) is 16.6 Å². The van der Waals surface area contributed by atoms with Gasteiger partial charge in [-0.3, -0.25) is 0 Å². The van der Waals surface area contributed by atoms with Gasteiger partial charge >= 0.3 is 13.1 Å². The van der Waals surface area contributed by atoms with Gasteiger partial charge in [0, 0.05) is 0 Å². The van der Waals surface area contributed by atoms with Crippen molar-refractivity contribution in [2.75, 3.05) is 7.11 Å². The molecule has 1 fully saturated rings. The van der Waals surface area contributed by atoms with E-state index in [1.165, 1.54) is 7.11 Å². The third-order valence-corrected chi connectivity index (χ3v) is 4.50. The minimum absolute atomic E-state index is 0.332. The molecule has 0 N–H and O–H groups in total. The zero-order valence-electron chi connectivity index (χ0n) is 13.9. The zero-order valence-corrected chi connectivity index (χ0v) is 13.9. The summed E-state index contributed by atoms with van der Waals surface area (Å²) in [6, 6.07) is 3.64. The molecule has 0 saturated carbocycles. The molecule has 0 aromatic heterocycles. The Morgan fingerprint density at radius 3 is 1.86 bits per heavy atom. The van der Waals surface area contributed by atoms with Crippen molar-refractivity contribution in [2.24, 2.45) is 0 Å². The van der Waals surface area contributed by atoms with Crippen LogP contribution in [0.25, 0.3) is 0 Å². The molecule has 1 aromatic rings. The number of benzene rings is 1. The quantitative estimate of drug-likeness (QED) is 0.619. The molecule has 0 amide bonds. The van der Waals surface area contributed by atoms with Crippen LogP contribution in [0, 0.1) is 13.8 Å². The van der Waals surface area contributed by atoms with Gasteiger partial charge in [0.25, 0.3) is 0 Å². The third kappa shape index (κ3) is 2.72. The molecule has 5 heteroatoms. The number of methoxy groups -OCH3 is 1. The predicted octanol–water partition coefficient (Wildman–Crippen LogP) is 2.39. The number of hydrogen-bond acceptors (Lipinski definition) is 4. The summed E-state index contributed by atoms with van der Waals surface area (Å²) in [6.07, 6.45) is 0. The summed E-state index contributed by atoms with van der Waals surface area (Å²) < 4.78 is 17.0. The molecule has 114 valence electrons. The van der Waals surface area contributed by atoms with Crippen LogP contribution in [0.4, 0.5) is 0 Å². The first-order chi connectivity index (χ1) is 9.59. The molecule has 0 atom stereocenters. The van der Waals surface area contributed by atoms with Crippen molar-refractivity contribution in [3.05, 3.63) is 28.8 Å². The summed E-state index contributed by atoms with van der Waals surface area (Å²) >= 11 is 0. The van der Waals surface area contributed by atoms with E-state index >= 15 is 0 Å². The number of rotatable bonds is 2. The Kier molecular flexibility index (Phi) is 3.93. The molecule has 0 unspecified atom stereocenters. The lowest BCUT2D eigenvalue weighted by Gasteiger charge is -2.32. The number of ether oxygens (including phenoxy) is 1. The lowest BCUT2D eigenvalue weighted by atomic mass is 9.73. The first-order valence-electron chi connectivity index (χ1n) is 7.14. The van der Waals surface area contributed by atoms with Crippen LogP contribution in [0.1, 0.15) is 49.2 Å². The van der Waals surface area contributed by atoms with E-state index in [-0.39, 0.29) is 17.2 Å². The summed E-state index contributed by atoms with van der Waals surface area (Å²) in [7, 11) is 0.969. The Hall–Kier alpha value is -1.33. The fourth-order valence-corrected chi connectivity index (χ4v) is 2.54. The molecule has 1 aliphatic rings. The smallest absolute Gasteiger partial charge is 0.465 e. The van der Waals surface area contributed by atoms with E-state index < -0.39 is 7.12 Å². The molecule has 21 heavy (non-hydrogen) atoms.